The van der Waals surface area contributed by atoms with Gasteiger partial charge < -0.3 is 10.4 Å². The van der Waals surface area contributed by atoms with Gasteiger partial charge in [-0.1, -0.05) is 30.3 Å². The van der Waals surface area contributed by atoms with Crippen molar-refractivity contribution in [3.63, 3.8) is 0 Å². The minimum Gasteiger partial charge on any atom is -0.479 e. The Morgan fingerprint density at radius 3 is 1.68 bits per heavy atom. The van der Waals surface area contributed by atoms with E-state index < -0.39 is 46.5 Å². The van der Waals surface area contributed by atoms with Crippen molar-refractivity contribution in [1.82, 2.24) is 5.32 Å². The van der Waals surface area contributed by atoms with E-state index >= 15 is 0 Å². The van der Waals surface area contributed by atoms with Gasteiger partial charge in [0.05, 0.1) is 11.1 Å². The summed E-state index contributed by atoms with van der Waals surface area (Å²) in [6.07, 6.45) is -10.3. The third-order valence-electron chi connectivity index (χ3n) is 3.99. The van der Waals surface area contributed by atoms with Gasteiger partial charge in [-0.3, -0.25) is 4.79 Å². The molecule has 0 aliphatic rings. The summed E-state index contributed by atoms with van der Waals surface area (Å²) < 4.78 is 77.6. The highest BCUT2D eigenvalue weighted by molar-refractivity contribution is 5.98. The van der Waals surface area contributed by atoms with Crippen LogP contribution in [0.3, 0.4) is 0 Å². The lowest BCUT2D eigenvalue weighted by Gasteiger charge is -2.27. The number of amides is 1. The number of benzene rings is 2. The zero-order valence-electron chi connectivity index (χ0n) is 14.2. The summed E-state index contributed by atoms with van der Waals surface area (Å²) in [6, 6.07) is 7.54. The summed E-state index contributed by atoms with van der Waals surface area (Å²) >= 11 is 0. The Kier molecular flexibility index (Phi) is 5.45. The largest absolute Gasteiger partial charge is 0.479 e. The quantitative estimate of drug-likeness (QED) is 0.739. The Morgan fingerprint density at radius 2 is 1.29 bits per heavy atom. The highest BCUT2D eigenvalue weighted by Gasteiger charge is 2.40. The lowest BCUT2D eigenvalue weighted by atomic mass is 9.91. The molecule has 0 unspecified atom stereocenters. The van der Waals surface area contributed by atoms with Crippen molar-refractivity contribution in [2.45, 2.75) is 24.8 Å². The van der Waals surface area contributed by atoms with E-state index in [4.69, 9.17) is 0 Å². The fourth-order valence-corrected chi connectivity index (χ4v) is 2.41. The molecule has 1 amide bonds. The zero-order valence-corrected chi connectivity index (χ0v) is 14.2. The van der Waals surface area contributed by atoms with E-state index in [-0.39, 0.29) is 23.8 Å². The van der Waals surface area contributed by atoms with Crippen molar-refractivity contribution in [3.05, 3.63) is 70.8 Å². The molecule has 1 atom stereocenters. The van der Waals surface area contributed by atoms with Crippen LogP contribution in [0.2, 0.25) is 0 Å². The second-order valence-electron chi connectivity index (χ2n) is 6.04. The third-order valence-corrected chi connectivity index (χ3v) is 3.99. The monoisotopic (exact) mass is 405 g/mol. The van der Waals surface area contributed by atoms with Crippen LogP contribution < -0.4 is 5.32 Å². The molecule has 4 nitrogen and oxygen atoms in total. The molecule has 2 aromatic carbocycles. The van der Waals surface area contributed by atoms with E-state index in [1.165, 1.54) is 24.3 Å². The normalized spacial score (nSPS) is 14.2. The molecule has 0 aromatic heterocycles. The number of aliphatic carboxylic acids is 1. The Balaban J connectivity index is 2.52. The molecular weight excluding hydrogens is 392 g/mol. The first kappa shape index (κ1) is 21.3. The fourth-order valence-electron chi connectivity index (χ4n) is 2.41. The summed E-state index contributed by atoms with van der Waals surface area (Å²) in [6.45, 7) is 1.07. The highest BCUT2D eigenvalue weighted by atomic mass is 19.4. The first-order chi connectivity index (χ1) is 12.7. The predicted molar refractivity (Wildman–Crippen MR) is 85.3 cm³/mol. The molecule has 10 heteroatoms. The van der Waals surface area contributed by atoms with Crippen LogP contribution in [0.15, 0.2) is 48.5 Å². The van der Waals surface area contributed by atoms with Crippen molar-refractivity contribution in [1.29, 1.82) is 0 Å². The number of hydrogen-bond acceptors (Lipinski definition) is 2. The molecule has 0 heterocycles. The molecule has 0 aliphatic carbocycles. The van der Waals surface area contributed by atoms with E-state index in [0.717, 1.165) is 6.92 Å². The van der Waals surface area contributed by atoms with E-state index in [1.807, 2.05) is 5.32 Å². The van der Waals surface area contributed by atoms with Crippen molar-refractivity contribution in [3.8, 4) is 0 Å². The molecule has 0 aliphatic heterocycles. The van der Waals surface area contributed by atoms with Gasteiger partial charge >= 0.3 is 18.3 Å². The van der Waals surface area contributed by atoms with Crippen molar-refractivity contribution < 1.29 is 41.0 Å². The first-order valence-corrected chi connectivity index (χ1v) is 7.66. The van der Waals surface area contributed by atoms with Crippen LogP contribution in [-0.2, 0) is 22.7 Å². The number of carbonyl (C=O) groups excluding carboxylic acids is 1. The summed E-state index contributed by atoms with van der Waals surface area (Å²) in [7, 11) is 0. The molecule has 0 fully saturated rings. The molecule has 2 N–H and O–H groups in total. The fraction of sp³-hybridized carbons (Fsp3) is 0.222. The average Bonchev–Trinajstić information content (AvgIpc) is 2.60. The van der Waals surface area contributed by atoms with Crippen LogP contribution in [0.25, 0.3) is 0 Å². The minimum absolute atomic E-state index is 0.0823. The molecule has 28 heavy (non-hydrogen) atoms. The van der Waals surface area contributed by atoms with Gasteiger partial charge in [0.2, 0.25) is 0 Å². The highest BCUT2D eigenvalue weighted by Crippen LogP contribution is 2.36. The molecule has 150 valence electrons. The van der Waals surface area contributed by atoms with Crippen LogP contribution >= 0.6 is 0 Å². The first-order valence-electron chi connectivity index (χ1n) is 7.66. The number of carboxylic acids is 1. The standard InChI is InChI=1S/C18H13F6NO3/c1-16(15(27)28,11-5-3-2-4-6-11)25-14(26)10-7-12(17(19,20)21)9-13(8-10)18(22,23)24/h2-9H,1H3,(H,25,26)(H,27,28)/t16-/m0/s1. The van der Waals surface area contributed by atoms with Gasteiger partial charge in [0, 0.05) is 5.56 Å². The number of halogens is 6. The van der Waals surface area contributed by atoms with E-state index in [2.05, 4.69) is 0 Å². The van der Waals surface area contributed by atoms with Gasteiger partial charge in [-0.2, -0.15) is 26.3 Å². The average molecular weight is 405 g/mol. The van der Waals surface area contributed by atoms with Gasteiger partial charge in [-0.15, -0.1) is 0 Å². The number of carbonyl (C=O) groups is 2. The van der Waals surface area contributed by atoms with Gasteiger partial charge in [0.25, 0.3) is 5.91 Å². The number of rotatable bonds is 4. The van der Waals surface area contributed by atoms with E-state index in [9.17, 15) is 41.0 Å². The van der Waals surface area contributed by atoms with Crippen LogP contribution in [-0.4, -0.2) is 17.0 Å². The molecule has 2 rings (SSSR count). The maximum Gasteiger partial charge on any atom is 0.416 e. The Morgan fingerprint density at radius 1 is 0.821 bits per heavy atom. The van der Waals surface area contributed by atoms with Crippen LogP contribution in [0.5, 0.6) is 0 Å². The Hall–Kier alpha value is -3.04. The lowest BCUT2D eigenvalue weighted by Crippen LogP contribution is -2.49. The van der Waals surface area contributed by atoms with Crippen molar-refractivity contribution in [2.75, 3.05) is 0 Å². The summed E-state index contributed by atoms with van der Waals surface area (Å²) in [5.74, 6) is -2.94. The van der Waals surface area contributed by atoms with Crippen molar-refractivity contribution in [2.24, 2.45) is 0 Å². The maximum atomic E-state index is 12.9. The van der Waals surface area contributed by atoms with Gasteiger partial charge in [-0.05, 0) is 30.7 Å². The van der Waals surface area contributed by atoms with Gasteiger partial charge in [0.1, 0.15) is 0 Å². The summed E-state index contributed by atoms with van der Waals surface area (Å²) in [5, 5.41) is 11.5. The summed E-state index contributed by atoms with van der Waals surface area (Å²) in [5.41, 5.74) is -6.32. The van der Waals surface area contributed by atoms with Gasteiger partial charge in [0.15, 0.2) is 5.54 Å². The van der Waals surface area contributed by atoms with E-state index in [0.29, 0.717) is 0 Å². The topological polar surface area (TPSA) is 66.4 Å². The minimum atomic E-state index is -5.13. The van der Waals surface area contributed by atoms with Gasteiger partial charge in [-0.25, -0.2) is 4.79 Å². The predicted octanol–water partition coefficient (Wildman–Crippen LogP) is 4.45. The second-order valence-corrected chi connectivity index (χ2v) is 6.04. The second kappa shape index (κ2) is 7.17. The third kappa shape index (κ3) is 4.44. The molecule has 0 bridgehead atoms. The molecule has 0 saturated carbocycles. The summed E-state index contributed by atoms with van der Waals surface area (Å²) in [4.78, 5) is 24.1. The molecule has 2 aromatic rings. The molecule has 0 spiro atoms. The molecule has 0 radical (unpaired) electrons. The zero-order chi connectivity index (χ0) is 21.3. The number of nitrogens with one attached hydrogen (secondary N) is 1. The smallest absolute Gasteiger partial charge is 0.416 e. The van der Waals surface area contributed by atoms with Crippen LogP contribution in [0, 0.1) is 0 Å². The van der Waals surface area contributed by atoms with Crippen LogP contribution in [0.1, 0.15) is 34.0 Å². The van der Waals surface area contributed by atoms with Crippen molar-refractivity contribution >= 4 is 11.9 Å². The Bertz CT molecular complexity index is 860. The lowest BCUT2D eigenvalue weighted by molar-refractivity contribution is -0.145. The molecular formula is C18H13F6NO3. The Labute approximate surface area is 154 Å². The number of alkyl halides is 6. The molecule has 0 saturated heterocycles. The number of hydrogen-bond donors (Lipinski definition) is 2. The van der Waals surface area contributed by atoms with E-state index in [1.54, 1.807) is 6.07 Å². The number of carboxylic acid groups (broad SMARTS) is 1. The SMILES string of the molecule is C[C@@](NC(=O)c1cc(C(F)(F)F)cc(C(F)(F)F)c1)(C(=O)O)c1ccccc1. The maximum absolute atomic E-state index is 12.9. The van der Waals surface area contributed by atoms with Crippen LogP contribution in [0.4, 0.5) is 26.3 Å².